The molecule has 0 saturated heterocycles. The minimum atomic E-state index is -0.160. The topological polar surface area (TPSA) is 26.3 Å². The molecule has 21 heavy (non-hydrogen) atoms. The van der Waals surface area contributed by atoms with Crippen LogP contribution in [0.2, 0.25) is 0 Å². The predicted molar refractivity (Wildman–Crippen MR) is 94.8 cm³/mol. The van der Waals surface area contributed by atoms with Gasteiger partial charge in [0.05, 0.1) is 0 Å². The van der Waals surface area contributed by atoms with Gasteiger partial charge in [-0.1, -0.05) is 84.0 Å². The number of ether oxygens (including phenoxy) is 1. The summed E-state index contributed by atoms with van der Waals surface area (Å²) < 4.78 is 5.03. The number of carbonyl (C=O) groups excluding carboxylic acids is 1. The van der Waals surface area contributed by atoms with Gasteiger partial charge < -0.3 is 4.74 Å². The van der Waals surface area contributed by atoms with Gasteiger partial charge in [-0.2, -0.15) is 0 Å². The Morgan fingerprint density at radius 2 is 1.19 bits per heavy atom. The van der Waals surface area contributed by atoms with Gasteiger partial charge in [0.2, 0.25) is 0 Å². The summed E-state index contributed by atoms with van der Waals surface area (Å²) in [5, 5.41) is -0.160. The Hall–Kier alpha value is -0.0500. The van der Waals surface area contributed by atoms with Crippen LogP contribution < -0.4 is 0 Å². The van der Waals surface area contributed by atoms with E-state index in [0.717, 1.165) is 12.8 Å². The van der Waals surface area contributed by atoms with E-state index in [2.05, 4.69) is 22.9 Å². The first kappa shape index (κ1) is 20.9. The number of rotatable bonds is 15. The van der Waals surface area contributed by atoms with E-state index in [0.29, 0.717) is 6.42 Å². The smallest absolute Gasteiger partial charge is 0.306 e. The molecule has 1 atom stereocenters. The average molecular weight is 363 g/mol. The molecule has 0 saturated carbocycles. The number of carbonyl (C=O) groups is 1. The summed E-state index contributed by atoms with van der Waals surface area (Å²) >= 11 is 3.21. The van der Waals surface area contributed by atoms with E-state index in [1.807, 2.05) is 6.92 Å². The minimum Gasteiger partial charge on any atom is -0.451 e. The fourth-order valence-corrected chi connectivity index (χ4v) is 2.74. The van der Waals surface area contributed by atoms with Gasteiger partial charge in [-0.05, 0) is 29.3 Å². The van der Waals surface area contributed by atoms with E-state index in [1.54, 1.807) is 0 Å². The molecule has 3 heteroatoms. The van der Waals surface area contributed by atoms with Gasteiger partial charge in [0.1, 0.15) is 0 Å². The standard InChI is InChI=1S/C18H35BrO2/c1-3-4-5-6-7-8-9-10-11-12-13-14-15-16-18(20)21-17(2)19/h17H,3-16H2,1-2H3. The Morgan fingerprint density at radius 1 is 0.810 bits per heavy atom. The maximum atomic E-state index is 11.3. The average Bonchev–Trinajstić information content (AvgIpc) is 2.43. The Labute approximate surface area is 140 Å². The van der Waals surface area contributed by atoms with Crippen molar-refractivity contribution in [3.05, 3.63) is 0 Å². The van der Waals surface area contributed by atoms with Crippen molar-refractivity contribution in [3.8, 4) is 0 Å². The molecule has 0 aromatic carbocycles. The van der Waals surface area contributed by atoms with Gasteiger partial charge >= 0.3 is 5.97 Å². The first-order valence-corrected chi connectivity index (χ1v) is 9.92. The molecular formula is C18H35BrO2. The Kier molecular flexibility index (Phi) is 16.3. The summed E-state index contributed by atoms with van der Waals surface area (Å²) in [4.78, 5) is 11.3. The Morgan fingerprint density at radius 3 is 1.57 bits per heavy atom. The number of unbranched alkanes of at least 4 members (excludes halogenated alkanes) is 12. The van der Waals surface area contributed by atoms with Crippen LogP contribution >= 0.6 is 15.9 Å². The molecule has 0 amide bonds. The number of alkyl halides is 1. The third kappa shape index (κ3) is 17.9. The van der Waals surface area contributed by atoms with E-state index in [4.69, 9.17) is 4.74 Å². The van der Waals surface area contributed by atoms with Gasteiger partial charge in [-0.15, -0.1) is 0 Å². The minimum absolute atomic E-state index is 0.0811. The number of esters is 1. The summed E-state index contributed by atoms with van der Waals surface area (Å²) in [5.74, 6) is -0.0811. The van der Waals surface area contributed by atoms with Gasteiger partial charge in [0.15, 0.2) is 5.01 Å². The highest BCUT2D eigenvalue weighted by molar-refractivity contribution is 9.09. The first-order chi connectivity index (χ1) is 10.2. The summed E-state index contributed by atoms with van der Waals surface area (Å²) in [6, 6.07) is 0. The SMILES string of the molecule is CCCCCCCCCCCCCCCC(=O)OC(C)Br. The quantitative estimate of drug-likeness (QED) is 0.183. The van der Waals surface area contributed by atoms with Crippen molar-refractivity contribution >= 4 is 21.9 Å². The van der Waals surface area contributed by atoms with Gasteiger partial charge in [-0.25, -0.2) is 0 Å². The second-order valence-electron chi connectivity index (χ2n) is 6.03. The fraction of sp³-hybridized carbons (Fsp3) is 0.944. The van der Waals surface area contributed by atoms with Crippen molar-refractivity contribution in [2.24, 2.45) is 0 Å². The molecule has 0 fully saturated rings. The fourth-order valence-electron chi connectivity index (χ4n) is 2.53. The van der Waals surface area contributed by atoms with E-state index in [1.165, 1.54) is 70.6 Å². The van der Waals surface area contributed by atoms with Crippen molar-refractivity contribution in [1.82, 2.24) is 0 Å². The second-order valence-corrected chi connectivity index (χ2v) is 7.32. The molecule has 126 valence electrons. The highest BCUT2D eigenvalue weighted by Gasteiger charge is 2.05. The van der Waals surface area contributed by atoms with E-state index >= 15 is 0 Å². The maximum absolute atomic E-state index is 11.3. The lowest BCUT2D eigenvalue weighted by atomic mass is 10.0. The van der Waals surface area contributed by atoms with Crippen molar-refractivity contribution in [2.45, 2.75) is 109 Å². The Bertz CT molecular complexity index is 229. The molecule has 0 N–H and O–H groups in total. The molecule has 0 bridgehead atoms. The third-order valence-corrected chi connectivity index (χ3v) is 3.97. The lowest BCUT2D eigenvalue weighted by Crippen LogP contribution is -2.08. The molecule has 0 aliphatic rings. The molecule has 0 rings (SSSR count). The van der Waals surface area contributed by atoms with Crippen LogP contribution in [0.5, 0.6) is 0 Å². The van der Waals surface area contributed by atoms with Crippen LogP contribution in [-0.2, 0) is 9.53 Å². The largest absolute Gasteiger partial charge is 0.451 e. The highest BCUT2D eigenvalue weighted by atomic mass is 79.9. The zero-order valence-electron chi connectivity index (χ0n) is 14.2. The van der Waals surface area contributed by atoms with Crippen LogP contribution in [0.4, 0.5) is 0 Å². The summed E-state index contributed by atoms with van der Waals surface area (Å²) in [6.07, 6.45) is 17.9. The molecule has 0 aromatic heterocycles. The van der Waals surface area contributed by atoms with Crippen LogP contribution in [0, 0.1) is 0 Å². The van der Waals surface area contributed by atoms with Crippen molar-refractivity contribution in [3.63, 3.8) is 0 Å². The van der Waals surface area contributed by atoms with E-state index in [9.17, 15) is 4.79 Å². The summed E-state index contributed by atoms with van der Waals surface area (Å²) in [6.45, 7) is 4.09. The van der Waals surface area contributed by atoms with Crippen LogP contribution in [0.1, 0.15) is 104 Å². The van der Waals surface area contributed by atoms with Crippen LogP contribution in [0.25, 0.3) is 0 Å². The van der Waals surface area contributed by atoms with Crippen LogP contribution in [0.3, 0.4) is 0 Å². The van der Waals surface area contributed by atoms with Crippen molar-refractivity contribution < 1.29 is 9.53 Å². The van der Waals surface area contributed by atoms with Crippen LogP contribution in [0.15, 0.2) is 0 Å². The third-order valence-electron chi connectivity index (χ3n) is 3.78. The Balaban J connectivity index is 3.07. The van der Waals surface area contributed by atoms with Gasteiger partial charge in [0, 0.05) is 6.42 Å². The molecule has 0 spiro atoms. The van der Waals surface area contributed by atoms with Gasteiger partial charge in [-0.3, -0.25) is 4.79 Å². The molecule has 1 unspecified atom stereocenters. The monoisotopic (exact) mass is 362 g/mol. The zero-order valence-corrected chi connectivity index (χ0v) is 15.8. The summed E-state index contributed by atoms with van der Waals surface area (Å²) in [5.41, 5.74) is 0. The van der Waals surface area contributed by atoms with E-state index in [-0.39, 0.29) is 11.0 Å². The molecule has 0 aliphatic heterocycles. The number of hydrogen-bond donors (Lipinski definition) is 0. The van der Waals surface area contributed by atoms with Crippen molar-refractivity contribution in [2.75, 3.05) is 0 Å². The first-order valence-electron chi connectivity index (χ1n) is 9.00. The normalized spacial score (nSPS) is 12.3. The van der Waals surface area contributed by atoms with Crippen LogP contribution in [-0.4, -0.2) is 11.0 Å². The lowest BCUT2D eigenvalue weighted by Gasteiger charge is -2.06. The predicted octanol–water partition coefficient (Wildman–Crippen LogP) is 6.75. The molecule has 0 heterocycles. The zero-order chi connectivity index (χ0) is 15.8. The van der Waals surface area contributed by atoms with E-state index < -0.39 is 0 Å². The molecule has 0 aliphatic carbocycles. The van der Waals surface area contributed by atoms with Crippen molar-refractivity contribution in [1.29, 1.82) is 0 Å². The summed E-state index contributed by atoms with van der Waals surface area (Å²) in [7, 11) is 0. The molecule has 0 aromatic rings. The highest BCUT2D eigenvalue weighted by Crippen LogP contribution is 2.13. The lowest BCUT2D eigenvalue weighted by molar-refractivity contribution is -0.144. The number of hydrogen-bond acceptors (Lipinski definition) is 2. The van der Waals surface area contributed by atoms with Gasteiger partial charge in [0.25, 0.3) is 0 Å². The molecule has 2 nitrogen and oxygen atoms in total. The second kappa shape index (κ2) is 16.3. The maximum Gasteiger partial charge on any atom is 0.306 e. The number of halogens is 1. The molecule has 0 radical (unpaired) electrons. The molecular weight excluding hydrogens is 328 g/mol.